The Balaban J connectivity index is 1.56. The number of nitro groups is 1. The number of hydrogen-bond donors (Lipinski definition) is 2. The summed E-state index contributed by atoms with van der Waals surface area (Å²) in [7, 11) is 0. The van der Waals surface area contributed by atoms with Gasteiger partial charge >= 0.3 is 5.69 Å². The Morgan fingerprint density at radius 1 is 1.35 bits per heavy atom. The first-order valence-corrected chi connectivity index (χ1v) is 6.94. The van der Waals surface area contributed by atoms with Gasteiger partial charge in [0.2, 0.25) is 11.8 Å². The van der Waals surface area contributed by atoms with Crippen LogP contribution in [-0.2, 0) is 6.42 Å². The second-order valence-corrected chi connectivity index (χ2v) is 4.80. The molecule has 0 radical (unpaired) electrons. The van der Waals surface area contributed by atoms with E-state index in [2.05, 4.69) is 25.5 Å². The van der Waals surface area contributed by atoms with E-state index < -0.39 is 4.92 Å². The molecule has 0 spiro atoms. The van der Waals surface area contributed by atoms with Gasteiger partial charge in [0.15, 0.2) is 5.65 Å². The maximum atomic E-state index is 10.6. The van der Waals surface area contributed by atoms with Gasteiger partial charge in [-0.3, -0.25) is 14.5 Å². The van der Waals surface area contributed by atoms with E-state index in [0.717, 1.165) is 30.5 Å². The van der Waals surface area contributed by atoms with Crippen LogP contribution in [-0.4, -0.2) is 36.0 Å². The van der Waals surface area contributed by atoms with Crippen molar-refractivity contribution in [2.24, 2.45) is 0 Å². The Morgan fingerprint density at radius 3 is 3.00 bits per heavy atom. The smallest absolute Gasteiger partial charge is 0.329 e. The molecule has 3 aromatic heterocycles. The number of fused-ring (bicyclic) bond motifs is 1. The highest BCUT2D eigenvalue weighted by atomic mass is 16.6. The summed E-state index contributed by atoms with van der Waals surface area (Å²) in [6.07, 6.45) is 4.51. The lowest BCUT2D eigenvalue weighted by atomic mass is 10.3. The van der Waals surface area contributed by atoms with Crippen molar-refractivity contribution in [2.45, 2.75) is 12.8 Å². The van der Waals surface area contributed by atoms with E-state index in [0.29, 0.717) is 6.54 Å². The molecule has 0 aliphatic heterocycles. The standard InChI is InChI=1S/C13H14N8O2/c14-12-9(21(22)23)8-16-13(17-12)15-6-3-5-11-19-18-10-4-1-2-7-20(10)11/h1-2,4,7-8H,3,5-6H2,(H3,14,15,16,17). The van der Waals surface area contributed by atoms with Crippen LogP contribution >= 0.6 is 0 Å². The Labute approximate surface area is 130 Å². The van der Waals surface area contributed by atoms with Crippen molar-refractivity contribution in [3.63, 3.8) is 0 Å². The molecule has 0 aliphatic rings. The first-order chi connectivity index (χ1) is 11.1. The summed E-state index contributed by atoms with van der Waals surface area (Å²) in [4.78, 5) is 17.8. The van der Waals surface area contributed by atoms with Gasteiger partial charge in [0.05, 0.1) is 4.92 Å². The van der Waals surface area contributed by atoms with E-state index in [9.17, 15) is 10.1 Å². The number of nitrogens with two attached hydrogens (primary N) is 1. The minimum atomic E-state index is -0.616. The predicted molar refractivity (Wildman–Crippen MR) is 82.9 cm³/mol. The molecular formula is C13H14N8O2. The number of pyridine rings is 1. The number of hydrogen-bond acceptors (Lipinski definition) is 8. The fraction of sp³-hybridized carbons (Fsp3) is 0.231. The third-order valence-corrected chi connectivity index (χ3v) is 3.24. The summed E-state index contributed by atoms with van der Waals surface area (Å²) >= 11 is 0. The van der Waals surface area contributed by atoms with Crippen molar-refractivity contribution in [3.05, 3.63) is 46.5 Å². The van der Waals surface area contributed by atoms with Crippen LogP contribution in [0, 0.1) is 10.1 Å². The third kappa shape index (κ3) is 3.15. The molecule has 3 rings (SSSR count). The summed E-state index contributed by atoms with van der Waals surface area (Å²) in [6, 6.07) is 5.72. The van der Waals surface area contributed by atoms with E-state index in [-0.39, 0.29) is 17.5 Å². The average Bonchev–Trinajstić information content (AvgIpc) is 2.94. The highest BCUT2D eigenvalue weighted by Crippen LogP contribution is 2.18. The highest BCUT2D eigenvalue weighted by Gasteiger charge is 2.13. The summed E-state index contributed by atoms with van der Waals surface area (Å²) in [5.41, 5.74) is 6.02. The van der Waals surface area contributed by atoms with Gasteiger partial charge in [0.1, 0.15) is 12.0 Å². The molecular weight excluding hydrogens is 300 g/mol. The van der Waals surface area contributed by atoms with Crippen molar-refractivity contribution in [3.8, 4) is 0 Å². The van der Waals surface area contributed by atoms with Crippen molar-refractivity contribution < 1.29 is 4.92 Å². The van der Waals surface area contributed by atoms with Crippen molar-refractivity contribution >= 4 is 23.1 Å². The molecule has 0 aromatic carbocycles. The number of anilines is 2. The SMILES string of the molecule is Nc1nc(NCCCc2nnc3ccccn23)ncc1[N+](=O)[O-]. The van der Waals surface area contributed by atoms with E-state index in [4.69, 9.17) is 5.73 Å². The zero-order valence-corrected chi connectivity index (χ0v) is 12.1. The normalized spacial score (nSPS) is 10.8. The number of nitrogens with one attached hydrogen (secondary N) is 1. The van der Waals surface area contributed by atoms with Crippen molar-refractivity contribution in [2.75, 3.05) is 17.6 Å². The van der Waals surface area contributed by atoms with Crippen molar-refractivity contribution in [1.82, 2.24) is 24.6 Å². The molecule has 3 N–H and O–H groups in total. The molecule has 3 heterocycles. The van der Waals surface area contributed by atoms with Gasteiger partial charge in [-0.1, -0.05) is 6.07 Å². The van der Waals surface area contributed by atoms with Gasteiger partial charge in [0, 0.05) is 19.2 Å². The minimum Gasteiger partial charge on any atom is -0.378 e. The molecule has 0 atom stereocenters. The Hall–Kier alpha value is -3.30. The summed E-state index contributed by atoms with van der Waals surface area (Å²) < 4.78 is 1.93. The monoisotopic (exact) mass is 314 g/mol. The van der Waals surface area contributed by atoms with Gasteiger partial charge in [-0.15, -0.1) is 10.2 Å². The summed E-state index contributed by atoms with van der Waals surface area (Å²) in [5, 5.41) is 21.8. The number of rotatable bonds is 6. The van der Waals surface area contributed by atoms with Crippen LogP contribution in [0.1, 0.15) is 12.2 Å². The number of nitrogens with zero attached hydrogens (tertiary/aromatic N) is 6. The lowest BCUT2D eigenvalue weighted by Gasteiger charge is -2.05. The lowest BCUT2D eigenvalue weighted by Crippen LogP contribution is -2.09. The quantitative estimate of drug-likeness (QED) is 0.391. The maximum Gasteiger partial charge on any atom is 0.329 e. The van der Waals surface area contributed by atoms with Crippen LogP contribution < -0.4 is 11.1 Å². The Morgan fingerprint density at radius 2 is 2.22 bits per heavy atom. The molecule has 0 saturated heterocycles. The zero-order chi connectivity index (χ0) is 16.2. The molecule has 0 amide bonds. The predicted octanol–water partition coefficient (Wildman–Crippen LogP) is 1.05. The second-order valence-electron chi connectivity index (χ2n) is 4.80. The minimum absolute atomic E-state index is 0.157. The summed E-state index contributed by atoms with van der Waals surface area (Å²) in [6.45, 7) is 0.582. The number of aromatic nitrogens is 5. The number of nitrogen functional groups attached to an aromatic ring is 1. The lowest BCUT2D eigenvalue weighted by molar-refractivity contribution is -0.384. The van der Waals surface area contributed by atoms with Gasteiger partial charge < -0.3 is 11.1 Å². The van der Waals surface area contributed by atoms with E-state index in [1.165, 1.54) is 0 Å². The van der Waals surface area contributed by atoms with Gasteiger partial charge in [0.25, 0.3) is 0 Å². The molecule has 10 nitrogen and oxygen atoms in total. The average molecular weight is 314 g/mol. The van der Waals surface area contributed by atoms with Crippen LogP contribution in [0.5, 0.6) is 0 Å². The van der Waals surface area contributed by atoms with Crippen molar-refractivity contribution in [1.29, 1.82) is 0 Å². The number of aryl methyl sites for hydroxylation is 1. The van der Waals surface area contributed by atoms with Gasteiger partial charge in [-0.2, -0.15) is 4.98 Å². The molecule has 0 unspecified atom stereocenters. The fourth-order valence-electron chi connectivity index (χ4n) is 2.12. The first kappa shape index (κ1) is 14.6. The molecule has 0 bridgehead atoms. The largest absolute Gasteiger partial charge is 0.378 e. The molecule has 10 heteroatoms. The maximum absolute atomic E-state index is 10.6. The van der Waals surface area contributed by atoms with E-state index >= 15 is 0 Å². The van der Waals surface area contributed by atoms with Gasteiger partial charge in [-0.25, -0.2) is 4.98 Å². The summed E-state index contributed by atoms with van der Waals surface area (Å²) in [5.74, 6) is 0.974. The molecule has 0 fully saturated rings. The zero-order valence-electron chi connectivity index (χ0n) is 12.1. The molecule has 23 heavy (non-hydrogen) atoms. The van der Waals surface area contributed by atoms with Crippen LogP contribution in [0.25, 0.3) is 5.65 Å². The molecule has 3 aromatic rings. The third-order valence-electron chi connectivity index (χ3n) is 3.24. The van der Waals surface area contributed by atoms with E-state index in [1.54, 1.807) is 0 Å². The van der Waals surface area contributed by atoms with Crippen LogP contribution in [0.4, 0.5) is 17.5 Å². The topological polar surface area (TPSA) is 137 Å². The second kappa shape index (κ2) is 6.22. The molecule has 0 aliphatic carbocycles. The first-order valence-electron chi connectivity index (χ1n) is 6.94. The fourth-order valence-corrected chi connectivity index (χ4v) is 2.12. The highest BCUT2D eigenvalue weighted by molar-refractivity contribution is 5.53. The van der Waals surface area contributed by atoms with Gasteiger partial charge in [-0.05, 0) is 18.6 Å². The van der Waals surface area contributed by atoms with Crippen LogP contribution in [0.15, 0.2) is 30.6 Å². The Bertz CT molecular complexity index is 847. The Kier molecular flexibility index (Phi) is 3.95. The molecule has 118 valence electrons. The van der Waals surface area contributed by atoms with Crippen LogP contribution in [0.3, 0.4) is 0 Å². The van der Waals surface area contributed by atoms with E-state index in [1.807, 2.05) is 28.8 Å². The van der Waals surface area contributed by atoms with Crippen LogP contribution in [0.2, 0.25) is 0 Å². The molecule has 0 saturated carbocycles.